The molecule has 0 bridgehead atoms. The first-order valence-corrected chi connectivity index (χ1v) is 8.94. The molecule has 1 unspecified atom stereocenters. The maximum absolute atomic E-state index is 13.4. The Hall–Kier alpha value is -3.63. The number of aromatic amines is 1. The van der Waals surface area contributed by atoms with Crippen LogP contribution in [0.2, 0.25) is 0 Å². The van der Waals surface area contributed by atoms with Crippen LogP contribution in [-0.4, -0.2) is 29.4 Å². The molecule has 0 spiro atoms. The van der Waals surface area contributed by atoms with E-state index in [-0.39, 0.29) is 28.9 Å². The van der Waals surface area contributed by atoms with Crippen LogP contribution >= 0.6 is 0 Å². The van der Waals surface area contributed by atoms with Crippen molar-refractivity contribution in [2.45, 2.75) is 19.2 Å². The zero-order valence-electron chi connectivity index (χ0n) is 15.9. The minimum absolute atomic E-state index is 0.0862. The van der Waals surface area contributed by atoms with E-state index in [4.69, 9.17) is 4.74 Å². The fraction of sp³-hybridized carbons (Fsp3) is 0.200. The van der Waals surface area contributed by atoms with E-state index in [0.29, 0.717) is 0 Å². The van der Waals surface area contributed by atoms with Crippen LogP contribution in [0.5, 0.6) is 5.75 Å². The normalized spacial score (nSPS) is 12.5. The Morgan fingerprint density at radius 3 is 2.35 bits per heavy atom. The predicted octanol–water partition coefficient (Wildman–Crippen LogP) is 3.99. The highest BCUT2D eigenvalue weighted by atomic mass is 19.4. The Morgan fingerprint density at radius 2 is 1.71 bits per heavy atom. The first-order valence-electron chi connectivity index (χ1n) is 8.94. The summed E-state index contributed by atoms with van der Waals surface area (Å²) in [6.07, 6.45) is -3.83. The smallest absolute Gasteiger partial charge is 0.416 e. The number of aromatic nitrogens is 1. The number of amides is 2. The number of rotatable bonds is 5. The summed E-state index contributed by atoms with van der Waals surface area (Å²) in [5, 5.41) is 4.78. The van der Waals surface area contributed by atoms with Gasteiger partial charge < -0.3 is 20.4 Å². The van der Waals surface area contributed by atoms with E-state index < -0.39 is 41.3 Å². The molecule has 6 nitrogen and oxygen atoms in total. The van der Waals surface area contributed by atoms with Crippen molar-refractivity contribution in [2.75, 3.05) is 11.9 Å². The third-order valence-corrected chi connectivity index (χ3v) is 4.25. The van der Waals surface area contributed by atoms with Gasteiger partial charge in [0.15, 0.2) is 11.6 Å². The number of carbonyl (C=O) groups is 2. The van der Waals surface area contributed by atoms with Crippen molar-refractivity contribution in [1.29, 1.82) is 0 Å². The van der Waals surface area contributed by atoms with Crippen molar-refractivity contribution in [3.8, 4) is 5.75 Å². The molecule has 1 heterocycles. The van der Waals surface area contributed by atoms with E-state index in [1.54, 1.807) is 6.92 Å². The van der Waals surface area contributed by atoms with Crippen LogP contribution in [0, 0.1) is 11.6 Å². The molecule has 0 aliphatic carbocycles. The number of halogens is 5. The summed E-state index contributed by atoms with van der Waals surface area (Å²) in [5.74, 6) is -4.08. The molecule has 1 aromatic heterocycles. The molecule has 164 valence electrons. The zero-order valence-corrected chi connectivity index (χ0v) is 15.9. The number of anilines is 1. The molecule has 3 aromatic rings. The van der Waals surface area contributed by atoms with E-state index >= 15 is 0 Å². The van der Waals surface area contributed by atoms with E-state index in [1.165, 1.54) is 6.20 Å². The monoisotopic (exact) mass is 441 g/mol. The maximum atomic E-state index is 13.4. The SMILES string of the molecule is CC(CNC(=O)C(=O)Nc1c[nH]c2cc(F)c(F)cc12)Oc1ccc(C(F)(F)F)cc1. The minimum Gasteiger partial charge on any atom is -0.489 e. The van der Waals surface area contributed by atoms with Crippen LogP contribution in [0.4, 0.5) is 27.6 Å². The Bertz CT molecular complexity index is 1110. The van der Waals surface area contributed by atoms with Crippen molar-refractivity contribution in [2.24, 2.45) is 0 Å². The lowest BCUT2D eigenvalue weighted by molar-refractivity contribution is -0.137. The predicted molar refractivity (Wildman–Crippen MR) is 101 cm³/mol. The van der Waals surface area contributed by atoms with Crippen LogP contribution in [0.25, 0.3) is 10.9 Å². The van der Waals surface area contributed by atoms with Crippen LogP contribution in [0.1, 0.15) is 12.5 Å². The van der Waals surface area contributed by atoms with Gasteiger partial charge >= 0.3 is 18.0 Å². The van der Waals surface area contributed by atoms with Gasteiger partial charge in [-0.3, -0.25) is 9.59 Å². The topological polar surface area (TPSA) is 83.2 Å². The standard InChI is InChI=1S/C20H16F5N3O3/c1-10(31-12-4-2-11(3-5-12)20(23,24)25)8-27-18(29)19(30)28-17-9-26-16-7-15(22)14(21)6-13(16)17/h2-7,9-10,26H,8H2,1H3,(H,27,29)(H,28,30). The fourth-order valence-corrected chi connectivity index (χ4v) is 2.71. The molecule has 2 amide bonds. The maximum Gasteiger partial charge on any atom is 0.416 e. The summed E-state index contributed by atoms with van der Waals surface area (Å²) >= 11 is 0. The van der Waals surface area contributed by atoms with Gasteiger partial charge in [-0.2, -0.15) is 13.2 Å². The van der Waals surface area contributed by atoms with Crippen molar-refractivity contribution in [1.82, 2.24) is 10.3 Å². The summed E-state index contributed by atoms with van der Waals surface area (Å²) in [6, 6.07) is 5.82. The average Bonchev–Trinajstić information content (AvgIpc) is 3.07. The van der Waals surface area contributed by atoms with Gasteiger partial charge in [-0.25, -0.2) is 8.78 Å². The van der Waals surface area contributed by atoms with Crippen LogP contribution < -0.4 is 15.4 Å². The van der Waals surface area contributed by atoms with Gasteiger partial charge in [0.25, 0.3) is 0 Å². The molecule has 0 aliphatic heterocycles. The molecule has 3 rings (SSSR count). The van der Waals surface area contributed by atoms with Gasteiger partial charge in [0.1, 0.15) is 11.9 Å². The van der Waals surface area contributed by atoms with E-state index in [2.05, 4.69) is 15.6 Å². The lowest BCUT2D eigenvalue weighted by Crippen LogP contribution is -2.40. The highest BCUT2D eigenvalue weighted by molar-refractivity contribution is 6.40. The van der Waals surface area contributed by atoms with Gasteiger partial charge in [-0.05, 0) is 37.3 Å². The van der Waals surface area contributed by atoms with Gasteiger partial charge in [0.2, 0.25) is 0 Å². The fourth-order valence-electron chi connectivity index (χ4n) is 2.71. The van der Waals surface area contributed by atoms with Crippen molar-refractivity contribution >= 4 is 28.4 Å². The van der Waals surface area contributed by atoms with Crippen molar-refractivity contribution in [3.63, 3.8) is 0 Å². The summed E-state index contributed by atoms with van der Waals surface area (Å²) < 4.78 is 69.8. The summed E-state index contributed by atoms with van der Waals surface area (Å²) in [4.78, 5) is 26.7. The van der Waals surface area contributed by atoms with Gasteiger partial charge in [0.05, 0.1) is 23.3 Å². The molecule has 3 N–H and O–H groups in total. The second-order valence-corrected chi connectivity index (χ2v) is 6.63. The number of carbonyl (C=O) groups excluding carboxylic acids is 2. The average molecular weight is 441 g/mol. The number of benzene rings is 2. The molecule has 11 heteroatoms. The zero-order chi connectivity index (χ0) is 22.8. The first-order chi connectivity index (χ1) is 14.5. The molecular formula is C20H16F5N3O3. The largest absolute Gasteiger partial charge is 0.489 e. The number of hydrogen-bond acceptors (Lipinski definition) is 3. The minimum atomic E-state index is -4.46. The second-order valence-electron chi connectivity index (χ2n) is 6.63. The van der Waals surface area contributed by atoms with Gasteiger partial charge in [0, 0.05) is 17.6 Å². The van der Waals surface area contributed by atoms with Gasteiger partial charge in [-0.1, -0.05) is 0 Å². The lowest BCUT2D eigenvalue weighted by Gasteiger charge is -2.16. The molecule has 31 heavy (non-hydrogen) atoms. The molecule has 0 fully saturated rings. The highest BCUT2D eigenvalue weighted by Gasteiger charge is 2.30. The molecule has 0 saturated heterocycles. The number of nitrogens with one attached hydrogen (secondary N) is 3. The quantitative estimate of drug-likeness (QED) is 0.414. The molecule has 0 radical (unpaired) electrons. The number of fused-ring (bicyclic) bond motifs is 1. The Morgan fingerprint density at radius 1 is 1.06 bits per heavy atom. The third kappa shape index (κ3) is 5.30. The number of alkyl halides is 3. The Kier molecular flexibility index (Phi) is 6.14. The molecule has 1 atom stereocenters. The summed E-state index contributed by atoms with van der Waals surface area (Å²) in [7, 11) is 0. The van der Waals surface area contributed by atoms with Crippen LogP contribution in [-0.2, 0) is 15.8 Å². The van der Waals surface area contributed by atoms with Gasteiger partial charge in [-0.15, -0.1) is 0 Å². The van der Waals surface area contributed by atoms with Crippen molar-refractivity contribution < 1.29 is 36.3 Å². The number of H-pyrrole nitrogens is 1. The number of ether oxygens (including phenoxy) is 1. The lowest BCUT2D eigenvalue weighted by atomic mass is 10.2. The highest BCUT2D eigenvalue weighted by Crippen LogP contribution is 2.30. The molecular weight excluding hydrogens is 425 g/mol. The molecule has 0 aliphatic rings. The van der Waals surface area contributed by atoms with E-state index in [1.807, 2.05) is 0 Å². The van der Waals surface area contributed by atoms with Crippen LogP contribution in [0.15, 0.2) is 42.6 Å². The third-order valence-electron chi connectivity index (χ3n) is 4.25. The Balaban J connectivity index is 1.53. The number of hydrogen-bond donors (Lipinski definition) is 3. The van der Waals surface area contributed by atoms with E-state index in [0.717, 1.165) is 36.4 Å². The second kappa shape index (κ2) is 8.62. The summed E-state index contributed by atoms with van der Waals surface area (Å²) in [5.41, 5.74) is -0.506. The van der Waals surface area contributed by atoms with Crippen LogP contribution in [0.3, 0.4) is 0 Å². The molecule has 0 saturated carbocycles. The first kappa shape index (κ1) is 22.1. The van der Waals surface area contributed by atoms with Crippen molar-refractivity contribution in [3.05, 3.63) is 59.8 Å². The Labute approximate surface area is 172 Å². The van der Waals surface area contributed by atoms with E-state index in [9.17, 15) is 31.5 Å². The summed E-state index contributed by atoms with van der Waals surface area (Å²) in [6.45, 7) is 1.44. The molecule has 2 aromatic carbocycles.